The number of methoxy groups -OCH3 is 1. The van der Waals surface area contributed by atoms with Crippen molar-refractivity contribution in [1.82, 2.24) is 9.80 Å². The minimum absolute atomic E-state index is 0.00536. The molecule has 4 aliphatic carbocycles. The predicted molar refractivity (Wildman–Crippen MR) is 145 cm³/mol. The number of likely N-dealkylation sites (N-methyl/N-ethyl adjacent to an activating group) is 1. The average Bonchev–Trinajstić information content (AvgIpc) is 3.66. The molecule has 0 unspecified atom stereocenters. The lowest BCUT2D eigenvalue weighted by atomic mass is 9.58. The first-order valence-electron chi connectivity index (χ1n) is 14.1. The van der Waals surface area contributed by atoms with Crippen LogP contribution in [-0.4, -0.2) is 88.5 Å². The average molecular weight is 570 g/mol. The van der Waals surface area contributed by atoms with Gasteiger partial charge in [0, 0.05) is 36.3 Å². The molecule has 1 saturated heterocycles. The van der Waals surface area contributed by atoms with Crippen molar-refractivity contribution in [3.05, 3.63) is 51.2 Å². The number of aliphatic hydroxyl groups excluding tert-OH is 2. The molecular weight excluding hydrogens is 533 g/mol. The van der Waals surface area contributed by atoms with Gasteiger partial charge < -0.3 is 25.8 Å². The van der Waals surface area contributed by atoms with Crippen molar-refractivity contribution in [3.8, 4) is 5.75 Å². The van der Waals surface area contributed by atoms with Crippen LogP contribution in [0.15, 0.2) is 28.7 Å². The molecule has 5 N–H and O–H groups in total. The normalized spacial score (nSPS) is 30.9. The van der Waals surface area contributed by atoms with E-state index in [2.05, 4.69) is 4.90 Å². The van der Waals surface area contributed by atoms with Crippen molar-refractivity contribution in [2.24, 2.45) is 23.0 Å². The molecule has 1 amide bonds. The number of amides is 1. The molecular formula is C30H36FN3O7. The number of allylic oxidation sites excluding steroid dienone is 1. The Labute approximate surface area is 237 Å². The number of aliphatic hydroxyl groups is 2. The van der Waals surface area contributed by atoms with Crippen LogP contribution in [-0.2, 0) is 27.3 Å². The second-order valence-electron chi connectivity index (χ2n) is 12.6. The number of carbonyl (C=O) groups is 3. The second-order valence-corrected chi connectivity index (χ2v) is 12.6. The van der Waals surface area contributed by atoms with Gasteiger partial charge in [-0.2, -0.15) is 0 Å². The molecule has 1 spiro atoms. The number of carbonyl (C=O) groups excluding carboxylic acids is 3. The number of nitrogens with two attached hydrogens (primary N) is 1. The van der Waals surface area contributed by atoms with Gasteiger partial charge in [-0.1, -0.05) is 0 Å². The minimum atomic E-state index is -2.17. The fourth-order valence-corrected chi connectivity index (χ4v) is 7.89. The van der Waals surface area contributed by atoms with Gasteiger partial charge in [-0.25, -0.2) is 4.39 Å². The first-order valence-corrected chi connectivity index (χ1v) is 14.1. The van der Waals surface area contributed by atoms with Gasteiger partial charge in [-0.05, 0) is 83.1 Å². The third-order valence-electron chi connectivity index (χ3n) is 10.3. The molecule has 6 rings (SSSR count). The molecule has 1 saturated carbocycles. The topological polar surface area (TPSA) is 154 Å². The van der Waals surface area contributed by atoms with Crippen molar-refractivity contribution >= 4 is 17.5 Å². The van der Waals surface area contributed by atoms with Crippen LogP contribution in [0, 0.1) is 23.1 Å². The number of Topliss-reactive ketones (excluding diaryl/α,β-unsaturated/α-hetero) is 2. The van der Waals surface area contributed by atoms with Crippen molar-refractivity contribution in [3.63, 3.8) is 0 Å². The van der Waals surface area contributed by atoms with E-state index >= 15 is 4.39 Å². The third kappa shape index (κ3) is 3.89. The molecule has 0 bridgehead atoms. The lowest BCUT2D eigenvalue weighted by molar-refractivity contribution is -0.154. The van der Waals surface area contributed by atoms with Crippen molar-refractivity contribution in [2.45, 2.75) is 56.7 Å². The minimum Gasteiger partial charge on any atom is -0.510 e. The molecule has 0 aromatic heterocycles. The van der Waals surface area contributed by atoms with Gasteiger partial charge in [-0.15, -0.1) is 0 Å². The lowest BCUT2D eigenvalue weighted by Crippen LogP contribution is -2.64. The summed E-state index contributed by atoms with van der Waals surface area (Å²) in [5, 5.41) is 33.6. The van der Waals surface area contributed by atoms with Crippen LogP contribution >= 0.6 is 0 Å². The summed E-state index contributed by atoms with van der Waals surface area (Å²) in [6, 6.07) is 0.317. The summed E-state index contributed by atoms with van der Waals surface area (Å²) in [6.45, 7) is 2.02. The van der Waals surface area contributed by atoms with Crippen LogP contribution in [0.2, 0.25) is 0 Å². The van der Waals surface area contributed by atoms with E-state index < -0.39 is 63.9 Å². The SMILES string of the molecule is CO[C@@]12C(=O)C(C(N)=O)=C(O)[C@@H](N(C)C)[C@@H]1C[C@@H]1Cc3c(F)c(CN4CCC5(CC4)CC5)cc(O)c3C(=O)C1=C2O. The first-order chi connectivity index (χ1) is 19.4. The molecule has 1 aromatic carbocycles. The molecule has 4 atom stereocenters. The fourth-order valence-electron chi connectivity index (χ4n) is 7.89. The summed E-state index contributed by atoms with van der Waals surface area (Å²) >= 11 is 0. The van der Waals surface area contributed by atoms with Gasteiger partial charge in [0.15, 0.2) is 11.4 Å². The Morgan fingerprint density at radius 1 is 1.17 bits per heavy atom. The van der Waals surface area contributed by atoms with Crippen molar-refractivity contribution < 1.29 is 38.8 Å². The van der Waals surface area contributed by atoms with E-state index in [0.29, 0.717) is 17.5 Å². The zero-order chi connectivity index (χ0) is 29.6. The molecule has 0 radical (unpaired) electrons. The highest BCUT2D eigenvalue weighted by molar-refractivity contribution is 6.25. The molecule has 1 aliphatic heterocycles. The predicted octanol–water partition coefficient (Wildman–Crippen LogP) is 2.29. The van der Waals surface area contributed by atoms with Gasteiger partial charge in [0.05, 0.1) is 11.6 Å². The van der Waals surface area contributed by atoms with E-state index in [-0.39, 0.29) is 35.3 Å². The summed E-state index contributed by atoms with van der Waals surface area (Å²) in [7, 11) is 4.43. The number of nitrogens with zero attached hydrogens (tertiary/aromatic N) is 2. The van der Waals surface area contributed by atoms with Gasteiger partial charge in [-0.3, -0.25) is 24.2 Å². The Balaban J connectivity index is 1.42. The molecule has 41 heavy (non-hydrogen) atoms. The van der Waals surface area contributed by atoms with Gasteiger partial charge in [0.25, 0.3) is 5.91 Å². The highest BCUT2D eigenvalue weighted by atomic mass is 19.1. The van der Waals surface area contributed by atoms with Crippen LogP contribution < -0.4 is 5.73 Å². The second kappa shape index (κ2) is 9.37. The van der Waals surface area contributed by atoms with E-state index in [0.717, 1.165) is 25.9 Å². The maximum absolute atomic E-state index is 16.1. The molecule has 11 heteroatoms. The number of phenols is 1. The number of aromatic hydroxyl groups is 1. The first kappa shape index (κ1) is 27.9. The molecule has 2 fully saturated rings. The van der Waals surface area contributed by atoms with Crippen molar-refractivity contribution in [2.75, 3.05) is 34.3 Å². The van der Waals surface area contributed by atoms with E-state index in [1.54, 1.807) is 19.0 Å². The highest BCUT2D eigenvalue weighted by Crippen LogP contribution is 2.55. The van der Waals surface area contributed by atoms with Gasteiger partial charge in [0.1, 0.15) is 28.7 Å². The number of ether oxygens (including phenoxy) is 1. The summed E-state index contributed by atoms with van der Waals surface area (Å²) in [4.78, 5) is 43.6. The molecule has 1 heterocycles. The Hall–Kier alpha value is -3.28. The standard InChI is InChI=1S/C30H36FN3O7/c1-33(2)23-17-11-14-10-16-20(18(35)12-15(22(16)31)13-34-8-6-29(4-5-29)7-9-34)24(36)19(14)26(38)30(17,41-3)27(39)21(25(23)37)28(32)40/h12,14,17,23,35,37-38H,4-11,13H2,1-3H3,(H2,32,40)/t14-,17-,23-,30-/m0/s1. The van der Waals surface area contributed by atoms with E-state index in [1.165, 1.54) is 26.0 Å². The van der Waals surface area contributed by atoms with Crippen LogP contribution in [0.5, 0.6) is 5.75 Å². The summed E-state index contributed by atoms with van der Waals surface area (Å²) in [5.74, 6) is -6.87. The molecule has 1 aromatic rings. The van der Waals surface area contributed by atoms with Gasteiger partial charge in [0.2, 0.25) is 5.78 Å². The lowest BCUT2D eigenvalue weighted by Gasteiger charge is -2.51. The Kier molecular flexibility index (Phi) is 6.37. The molecule has 220 valence electrons. The Bertz CT molecular complexity index is 1440. The van der Waals surface area contributed by atoms with E-state index in [4.69, 9.17) is 10.5 Å². The van der Waals surface area contributed by atoms with Crippen molar-refractivity contribution in [1.29, 1.82) is 0 Å². The number of hydrogen-bond donors (Lipinski definition) is 4. The number of piperidine rings is 1. The smallest absolute Gasteiger partial charge is 0.255 e. The number of likely N-dealkylation sites (tertiary alicyclic amines) is 1. The summed E-state index contributed by atoms with van der Waals surface area (Å²) in [5.41, 5.74) is 3.01. The third-order valence-corrected chi connectivity index (χ3v) is 10.3. The van der Waals surface area contributed by atoms with E-state index in [1.807, 2.05) is 0 Å². The number of fused-ring (bicyclic) bond motifs is 3. The maximum Gasteiger partial charge on any atom is 0.255 e. The van der Waals surface area contributed by atoms with E-state index in [9.17, 15) is 29.7 Å². The maximum atomic E-state index is 16.1. The van der Waals surface area contributed by atoms with Crippen LogP contribution in [0.4, 0.5) is 4.39 Å². The quantitative estimate of drug-likeness (QED) is 0.391. The summed E-state index contributed by atoms with van der Waals surface area (Å²) in [6.07, 6.45) is 4.71. The highest BCUT2D eigenvalue weighted by Gasteiger charge is 2.64. The monoisotopic (exact) mass is 569 g/mol. The van der Waals surface area contributed by atoms with Crippen LogP contribution in [0.3, 0.4) is 0 Å². The van der Waals surface area contributed by atoms with Gasteiger partial charge >= 0.3 is 0 Å². The number of phenolic OH excluding ortho intramolecular Hbond substituents is 1. The molecule has 5 aliphatic rings. The number of ketones is 2. The largest absolute Gasteiger partial charge is 0.510 e. The number of benzene rings is 1. The summed E-state index contributed by atoms with van der Waals surface area (Å²) < 4.78 is 21.7. The fraction of sp³-hybridized carbons (Fsp3) is 0.567. The molecule has 10 nitrogen and oxygen atoms in total. The zero-order valence-electron chi connectivity index (χ0n) is 23.5. The number of hydrogen-bond acceptors (Lipinski definition) is 9. The number of rotatable bonds is 5. The number of halogens is 1. The Morgan fingerprint density at radius 2 is 1.83 bits per heavy atom. The van der Waals surface area contributed by atoms with Crippen LogP contribution in [0.25, 0.3) is 0 Å². The Morgan fingerprint density at radius 3 is 2.39 bits per heavy atom. The number of primary amides is 1. The van der Waals surface area contributed by atoms with Crippen LogP contribution in [0.1, 0.15) is 53.6 Å². The zero-order valence-corrected chi connectivity index (χ0v) is 23.5.